The first-order chi connectivity index (χ1) is 10.5. The van der Waals surface area contributed by atoms with Crippen molar-refractivity contribution in [1.29, 1.82) is 0 Å². The minimum atomic E-state index is 0.0165. The van der Waals surface area contributed by atoms with E-state index in [1.165, 1.54) is 10.4 Å². The van der Waals surface area contributed by atoms with Gasteiger partial charge in [-0.3, -0.25) is 14.7 Å². The van der Waals surface area contributed by atoms with Crippen molar-refractivity contribution in [1.82, 2.24) is 14.9 Å². The number of thiophene rings is 1. The summed E-state index contributed by atoms with van der Waals surface area (Å²) in [4.78, 5) is 25.5. The van der Waals surface area contributed by atoms with Gasteiger partial charge in [-0.15, -0.1) is 11.3 Å². The normalized spacial score (nSPS) is 15.4. The van der Waals surface area contributed by atoms with Gasteiger partial charge in [0.05, 0.1) is 5.69 Å². The lowest BCUT2D eigenvalue weighted by molar-refractivity contribution is 0.281. The summed E-state index contributed by atoms with van der Waals surface area (Å²) in [5.41, 5.74) is 3.19. The van der Waals surface area contributed by atoms with Crippen LogP contribution in [0.3, 0.4) is 0 Å². The van der Waals surface area contributed by atoms with Crippen LogP contribution in [0.4, 0.5) is 5.95 Å². The number of rotatable bonds is 3. The van der Waals surface area contributed by atoms with Gasteiger partial charge in [0.15, 0.2) is 0 Å². The van der Waals surface area contributed by atoms with Crippen LogP contribution < -0.4 is 10.5 Å². The Morgan fingerprint density at radius 1 is 1.36 bits per heavy atom. The molecule has 1 aliphatic rings. The van der Waals surface area contributed by atoms with Crippen molar-refractivity contribution >= 4 is 17.3 Å². The fraction of sp³-hybridized carbons (Fsp3) is 0.500. The lowest BCUT2D eigenvalue weighted by atomic mass is 10.1. The molecule has 2 aromatic rings. The van der Waals surface area contributed by atoms with Crippen molar-refractivity contribution in [2.24, 2.45) is 0 Å². The van der Waals surface area contributed by atoms with Gasteiger partial charge in [0.2, 0.25) is 5.95 Å². The van der Waals surface area contributed by atoms with Crippen LogP contribution in [0.5, 0.6) is 0 Å². The van der Waals surface area contributed by atoms with E-state index in [9.17, 15) is 4.79 Å². The van der Waals surface area contributed by atoms with Crippen molar-refractivity contribution in [2.75, 3.05) is 32.1 Å². The lowest BCUT2D eigenvalue weighted by Crippen LogP contribution is -2.26. The summed E-state index contributed by atoms with van der Waals surface area (Å²) in [6, 6.07) is 2.17. The zero-order valence-corrected chi connectivity index (χ0v) is 14.2. The Morgan fingerprint density at radius 2 is 2.14 bits per heavy atom. The summed E-state index contributed by atoms with van der Waals surface area (Å²) in [6.45, 7) is 4.99. The molecule has 0 amide bonds. The molecule has 0 aliphatic carbocycles. The molecule has 5 nitrogen and oxygen atoms in total. The van der Waals surface area contributed by atoms with Crippen LogP contribution in [0.25, 0.3) is 0 Å². The van der Waals surface area contributed by atoms with E-state index in [0.29, 0.717) is 5.95 Å². The molecule has 1 aliphatic heterocycles. The second-order valence-electron chi connectivity index (χ2n) is 6.01. The second kappa shape index (κ2) is 6.22. The summed E-state index contributed by atoms with van der Waals surface area (Å²) < 4.78 is 0. The maximum absolute atomic E-state index is 12.3. The van der Waals surface area contributed by atoms with Crippen LogP contribution in [-0.2, 0) is 19.4 Å². The van der Waals surface area contributed by atoms with Gasteiger partial charge in [-0.05, 0) is 30.4 Å². The number of H-pyrrole nitrogens is 1. The minimum absolute atomic E-state index is 0.0165. The molecule has 6 heteroatoms. The molecule has 22 heavy (non-hydrogen) atoms. The smallest absolute Gasteiger partial charge is 0.255 e. The van der Waals surface area contributed by atoms with Gasteiger partial charge < -0.3 is 4.90 Å². The summed E-state index contributed by atoms with van der Waals surface area (Å²) >= 11 is 1.81. The standard InChI is InChI=1S/C16H22N4OS/c1-11-6-9-22-14(11)10-20-7-4-12-13(5-8-20)17-16(19(2)3)18-15(12)21/h6,9H,4-5,7-8,10H2,1-3H3,(H,17,18,21). The van der Waals surface area contributed by atoms with Gasteiger partial charge in [-0.1, -0.05) is 0 Å². The Labute approximate surface area is 134 Å². The van der Waals surface area contributed by atoms with Gasteiger partial charge in [0, 0.05) is 50.6 Å². The zero-order valence-electron chi connectivity index (χ0n) is 13.3. The number of nitrogens with zero attached hydrogens (tertiary/aromatic N) is 3. The van der Waals surface area contributed by atoms with Crippen LogP contribution in [0.1, 0.15) is 21.7 Å². The topological polar surface area (TPSA) is 52.2 Å². The molecule has 0 spiro atoms. The van der Waals surface area contributed by atoms with Gasteiger partial charge in [0.1, 0.15) is 0 Å². The highest BCUT2D eigenvalue weighted by atomic mass is 32.1. The third-order valence-electron chi connectivity index (χ3n) is 4.19. The Balaban J connectivity index is 1.79. The Morgan fingerprint density at radius 3 is 2.82 bits per heavy atom. The maximum Gasteiger partial charge on any atom is 0.255 e. The number of fused-ring (bicyclic) bond motifs is 1. The molecule has 0 saturated carbocycles. The largest absolute Gasteiger partial charge is 0.348 e. The fourth-order valence-electron chi connectivity index (χ4n) is 2.78. The number of aromatic nitrogens is 2. The monoisotopic (exact) mass is 318 g/mol. The van der Waals surface area contributed by atoms with Crippen molar-refractivity contribution < 1.29 is 0 Å². The summed E-state index contributed by atoms with van der Waals surface area (Å²) in [6.07, 6.45) is 1.61. The molecule has 118 valence electrons. The predicted molar refractivity (Wildman–Crippen MR) is 90.9 cm³/mol. The molecule has 3 heterocycles. The highest BCUT2D eigenvalue weighted by molar-refractivity contribution is 7.10. The van der Waals surface area contributed by atoms with E-state index in [4.69, 9.17) is 0 Å². The summed E-state index contributed by atoms with van der Waals surface area (Å²) in [5.74, 6) is 0.645. The molecule has 0 fully saturated rings. The van der Waals surface area contributed by atoms with Crippen molar-refractivity contribution in [3.05, 3.63) is 43.5 Å². The maximum atomic E-state index is 12.3. The van der Waals surface area contributed by atoms with Crippen molar-refractivity contribution in [3.8, 4) is 0 Å². The minimum Gasteiger partial charge on any atom is -0.348 e. The van der Waals surface area contributed by atoms with Crippen LogP contribution in [0.15, 0.2) is 16.2 Å². The average Bonchev–Trinajstić information content (AvgIpc) is 2.76. The number of aromatic amines is 1. The molecule has 0 atom stereocenters. The highest BCUT2D eigenvalue weighted by Crippen LogP contribution is 2.20. The molecule has 1 N–H and O–H groups in total. The molecule has 0 aromatic carbocycles. The third-order valence-corrected chi connectivity index (χ3v) is 5.20. The van der Waals surface area contributed by atoms with Crippen molar-refractivity contribution in [3.63, 3.8) is 0 Å². The Kier molecular flexibility index (Phi) is 4.31. The van der Waals surface area contributed by atoms with E-state index in [0.717, 1.165) is 43.7 Å². The van der Waals surface area contributed by atoms with Crippen LogP contribution in [0, 0.1) is 6.92 Å². The molecule has 0 unspecified atom stereocenters. The predicted octanol–water partition coefficient (Wildman–Crippen LogP) is 1.81. The SMILES string of the molecule is Cc1ccsc1CN1CCc2nc(N(C)C)[nH]c(=O)c2CC1. The Hall–Kier alpha value is -1.66. The number of nitrogens with one attached hydrogen (secondary N) is 1. The highest BCUT2D eigenvalue weighted by Gasteiger charge is 2.19. The zero-order chi connectivity index (χ0) is 15.7. The Bertz CT molecular complexity index is 719. The number of hydrogen-bond acceptors (Lipinski definition) is 5. The average molecular weight is 318 g/mol. The lowest BCUT2D eigenvalue weighted by Gasteiger charge is -2.19. The van der Waals surface area contributed by atoms with Gasteiger partial charge >= 0.3 is 0 Å². The second-order valence-corrected chi connectivity index (χ2v) is 7.01. The van der Waals surface area contributed by atoms with Crippen LogP contribution in [-0.4, -0.2) is 42.1 Å². The van der Waals surface area contributed by atoms with E-state index in [1.807, 2.05) is 30.3 Å². The molecular weight excluding hydrogens is 296 g/mol. The molecule has 3 rings (SSSR count). The van der Waals surface area contributed by atoms with Gasteiger partial charge in [-0.2, -0.15) is 0 Å². The molecule has 0 bridgehead atoms. The van der Waals surface area contributed by atoms with Gasteiger partial charge in [-0.25, -0.2) is 4.98 Å². The van der Waals surface area contributed by atoms with E-state index in [-0.39, 0.29) is 5.56 Å². The first kappa shape index (κ1) is 15.2. The third kappa shape index (κ3) is 3.08. The van der Waals surface area contributed by atoms with E-state index in [1.54, 1.807) is 0 Å². The first-order valence-corrected chi connectivity index (χ1v) is 8.47. The van der Waals surface area contributed by atoms with Crippen molar-refractivity contribution in [2.45, 2.75) is 26.3 Å². The quantitative estimate of drug-likeness (QED) is 0.938. The van der Waals surface area contributed by atoms with E-state index < -0.39 is 0 Å². The first-order valence-electron chi connectivity index (χ1n) is 7.59. The number of hydrogen-bond donors (Lipinski definition) is 1. The van der Waals surface area contributed by atoms with E-state index >= 15 is 0 Å². The molecular formula is C16H22N4OS. The number of anilines is 1. The molecule has 2 aromatic heterocycles. The summed E-state index contributed by atoms with van der Waals surface area (Å²) in [7, 11) is 3.79. The molecule has 0 radical (unpaired) electrons. The molecule has 0 saturated heterocycles. The number of aryl methyl sites for hydroxylation is 1. The van der Waals surface area contributed by atoms with E-state index in [2.05, 4.69) is 33.2 Å². The van der Waals surface area contributed by atoms with Gasteiger partial charge in [0.25, 0.3) is 5.56 Å². The summed E-state index contributed by atoms with van der Waals surface area (Å²) in [5, 5.41) is 2.15. The van der Waals surface area contributed by atoms with Crippen LogP contribution >= 0.6 is 11.3 Å². The van der Waals surface area contributed by atoms with Crippen LogP contribution in [0.2, 0.25) is 0 Å². The fourth-order valence-corrected chi connectivity index (χ4v) is 3.73.